The zero-order chi connectivity index (χ0) is 20.2. The maximum absolute atomic E-state index is 12.5. The minimum Gasteiger partial charge on any atom is -0.451 e. The van der Waals surface area contributed by atoms with E-state index in [9.17, 15) is 4.79 Å². The van der Waals surface area contributed by atoms with Crippen LogP contribution >= 0.6 is 11.3 Å². The molecule has 0 unspecified atom stereocenters. The third kappa shape index (κ3) is 4.25. The van der Waals surface area contributed by atoms with Crippen molar-refractivity contribution in [3.63, 3.8) is 0 Å². The first-order valence-electron chi connectivity index (χ1n) is 9.25. The van der Waals surface area contributed by atoms with Gasteiger partial charge >= 0.3 is 5.97 Å². The van der Waals surface area contributed by atoms with Gasteiger partial charge in [-0.05, 0) is 31.0 Å². The molecule has 4 rings (SSSR count). The molecule has 0 saturated heterocycles. The Bertz CT molecular complexity index is 1120. The summed E-state index contributed by atoms with van der Waals surface area (Å²) >= 11 is 1.32. The summed E-state index contributed by atoms with van der Waals surface area (Å²) in [5.41, 5.74) is 3.70. The molecular formula is C22H19N3O3S. The van der Waals surface area contributed by atoms with Crippen molar-refractivity contribution < 1.29 is 13.9 Å². The molecule has 2 aromatic heterocycles. The highest BCUT2D eigenvalue weighted by atomic mass is 32.1. The van der Waals surface area contributed by atoms with Crippen molar-refractivity contribution >= 4 is 17.3 Å². The van der Waals surface area contributed by atoms with E-state index in [-0.39, 0.29) is 12.5 Å². The summed E-state index contributed by atoms with van der Waals surface area (Å²) in [6.07, 6.45) is 0.983. The maximum atomic E-state index is 12.5. The standard InChI is InChI=1S/C22H19N3O3S/c1-3-15-9-11-17(12-10-15)21-23-14(2)19(29-21)22(26)27-13-18-24-25-20(28-18)16-7-5-4-6-8-16/h4-12H,3,13H2,1-2H3. The fourth-order valence-electron chi connectivity index (χ4n) is 2.79. The Morgan fingerprint density at radius 3 is 2.52 bits per heavy atom. The quantitative estimate of drug-likeness (QED) is 0.416. The van der Waals surface area contributed by atoms with Crippen LogP contribution in [0.5, 0.6) is 0 Å². The van der Waals surface area contributed by atoms with E-state index in [0.29, 0.717) is 16.5 Å². The summed E-state index contributed by atoms with van der Waals surface area (Å²) in [5, 5.41) is 8.73. The molecule has 146 valence electrons. The van der Waals surface area contributed by atoms with E-state index < -0.39 is 5.97 Å². The average molecular weight is 405 g/mol. The van der Waals surface area contributed by atoms with Crippen molar-refractivity contribution in [1.82, 2.24) is 15.2 Å². The number of ether oxygens (including phenoxy) is 1. The summed E-state index contributed by atoms with van der Waals surface area (Å²) in [6.45, 7) is 3.83. The molecule has 0 fully saturated rings. The van der Waals surface area contributed by atoms with Gasteiger partial charge in [-0.1, -0.05) is 49.4 Å². The number of nitrogens with zero attached hydrogens (tertiary/aromatic N) is 3. The molecule has 0 aliphatic heterocycles. The second-order valence-electron chi connectivity index (χ2n) is 6.43. The predicted octanol–water partition coefficient (Wildman–Crippen LogP) is 5.09. The van der Waals surface area contributed by atoms with Crippen LogP contribution < -0.4 is 0 Å². The maximum Gasteiger partial charge on any atom is 0.350 e. The number of carbonyl (C=O) groups excluding carboxylic acids is 1. The highest BCUT2D eigenvalue weighted by Crippen LogP contribution is 2.29. The van der Waals surface area contributed by atoms with Gasteiger partial charge in [-0.3, -0.25) is 0 Å². The Labute approximate surface area is 172 Å². The van der Waals surface area contributed by atoms with Crippen molar-refractivity contribution in [2.45, 2.75) is 26.9 Å². The second-order valence-corrected chi connectivity index (χ2v) is 7.43. The van der Waals surface area contributed by atoms with Gasteiger partial charge in [0.05, 0.1) is 5.69 Å². The van der Waals surface area contributed by atoms with Crippen LogP contribution in [0.15, 0.2) is 59.0 Å². The summed E-state index contributed by atoms with van der Waals surface area (Å²) in [6, 6.07) is 17.6. The SMILES string of the molecule is CCc1ccc(-c2nc(C)c(C(=O)OCc3nnc(-c4ccccc4)o3)s2)cc1. The number of aromatic nitrogens is 3. The molecule has 0 bridgehead atoms. The van der Waals surface area contributed by atoms with Gasteiger partial charge < -0.3 is 9.15 Å². The van der Waals surface area contributed by atoms with E-state index in [1.807, 2.05) is 42.5 Å². The minimum absolute atomic E-state index is 0.0868. The van der Waals surface area contributed by atoms with Crippen molar-refractivity contribution in [3.8, 4) is 22.0 Å². The van der Waals surface area contributed by atoms with Gasteiger partial charge in [0.25, 0.3) is 5.89 Å². The Morgan fingerprint density at radius 2 is 1.79 bits per heavy atom. The molecule has 4 aromatic rings. The third-order valence-electron chi connectivity index (χ3n) is 4.41. The molecule has 0 saturated carbocycles. The van der Waals surface area contributed by atoms with Gasteiger partial charge in [-0.15, -0.1) is 21.5 Å². The lowest BCUT2D eigenvalue weighted by molar-refractivity contribution is 0.0443. The van der Waals surface area contributed by atoms with E-state index >= 15 is 0 Å². The Balaban J connectivity index is 1.44. The topological polar surface area (TPSA) is 78.1 Å². The number of benzene rings is 2. The molecule has 0 N–H and O–H groups in total. The van der Waals surface area contributed by atoms with Crippen LogP contribution in [0.25, 0.3) is 22.0 Å². The van der Waals surface area contributed by atoms with Crippen LogP contribution in [-0.4, -0.2) is 21.2 Å². The largest absolute Gasteiger partial charge is 0.451 e. The van der Waals surface area contributed by atoms with E-state index in [1.54, 1.807) is 6.92 Å². The molecule has 0 aliphatic carbocycles. The number of esters is 1. The van der Waals surface area contributed by atoms with Gasteiger partial charge in [0, 0.05) is 11.1 Å². The van der Waals surface area contributed by atoms with Crippen LogP contribution in [0.2, 0.25) is 0 Å². The fourth-order valence-corrected chi connectivity index (χ4v) is 3.76. The molecule has 0 radical (unpaired) electrons. The zero-order valence-electron chi connectivity index (χ0n) is 16.1. The van der Waals surface area contributed by atoms with Gasteiger partial charge in [0.2, 0.25) is 5.89 Å². The normalized spacial score (nSPS) is 10.8. The summed E-state index contributed by atoms with van der Waals surface area (Å²) < 4.78 is 10.9. The minimum atomic E-state index is -0.448. The first-order chi connectivity index (χ1) is 14.1. The van der Waals surface area contributed by atoms with E-state index in [0.717, 1.165) is 22.6 Å². The van der Waals surface area contributed by atoms with Crippen LogP contribution in [0.3, 0.4) is 0 Å². The van der Waals surface area contributed by atoms with Gasteiger partial charge in [0.1, 0.15) is 9.88 Å². The lowest BCUT2D eigenvalue weighted by atomic mass is 10.1. The number of hydrogen-bond donors (Lipinski definition) is 0. The molecule has 0 aliphatic rings. The van der Waals surface area contributed by atoms with Gasteiger partial charge in [-0.25, -0.2) is 9.78 Å². The monoisotopic (exact) mass is 405 g/mol. The second kappa shape index (κ2) is 8.36. The zero-order valence-corrected chi connectivity index (χ0v) is 16.9. The van der Waals surface area contributed by atoms with E-state index in [4.69, 9.17) is 9.15 Å². The van der Waals surface area contributed by atoms with Crippen LogP contribution in [-0.2, 0) is 17.8 Å². The molecule has 7 heteroatoms. The fraction of sp³-hybridized carbons (Fsp3) is 0.182. The molecule has 0 spiro atoms. The number of hydrogen-bond acceptors (Lipinski definition) is 7. The third-order valence-corrected chi connectivity index (χ3v) is 5.59. The first kappa shape index (κ1) is 19.0. The van der Waals surface area contributed by atoms with Crippen molar-refractivity contribution in [1.29, 1.82) is 0 Å². The molecule has 29 heavy (non-hydrogen) atoms. The lowest BCUT2D eigenvalue weighted by Gasteiger charge is -2.00. The lowest BCUT2D eigenvalue weighted by Crippen LogP contribution is -2.05. The van der Waals surface area contributed by atoms with E-state index in [2.05, 4.69) is 34.2 Å². The van der Waals surface area contributed by atoms with Crippen molar-refractivity contribution in [2.75, 3.05) is 0 Å². The molecule has 6 nitrogen and oxygen atoms in total. The Morgan fingerprint density at radius 1 is 1.03 bits per heavy atom. The van der Waals surface area contributed by atoms with E-state index in [1.165, 1.54) is 16.9 Å². The van der Waals surface area contributed by atoms with Crippen molar-refractivity contribution in [2.24, 2.45) is 0 Å². The van der Waals surface area contributed by atoms with Crippen LogP contribution in [0.1, 0.15) is 33.7 Å². The number of carbonyl (C=O) groups is 1. The number of thiazole rings is 1. The number of rotatable bonds is 6. The molecular weight excluding hydrogens is 386 g/mol. The van der Waals surface area contributed by atoms with Gasteiger partial charge in [-0.2, -0.15) is 0 Å². The predicted molar refractivity (Wildman–Crippen MR) is 111 cm³/mol. The molecule has 2 aromatic carbocycles. The molecule has 0 atom stereocenters. The van der Waals surface area contributed by atoms with Crippen molar-refractivity contribution in [3.05, 3.63) is 76.6 Å². The first-order valence-corrected chi connectivity index (χ1v) is 10.1. The highest BCUT2D eigenvalue weighted by Gasteiger charge is 2.19. The summed E-state index contributed by atoms with van der Waals surface area (Å²) in [4.78, 5) is 17.5. The van der Waals surface area contributed by atoms with Crippen LogP contribution in [0.4, 0.5) is 0 Å². The summed E-state index contributed by atoms with van der Waals surface area (Å²) in [7, 11) is 0. The average Bonchev–Trinajstić information content (AvgIpc) is 3.40. The summed E-state index contributed by atoms with van der Waals surface area (Å²) in [5.74, 6) is 0.189. The molecule has 0 amide bonds. The smallest absolute Gasteiger partial charge is 0.350 e. The Kier molecular flexibility index (Phi) is 5.48. The molecule has 2 heterocycles. The highest BCUT2D eigenvalue weighted by molar-refractivity contribution is 7.17. The van der Waals surface area contributed by atoms with Crippen LogP contribution in [0, 0.1) is 6.92 Å². The number of aryl methyl sites for hydroxylation is 2. The Hall–Kier alpha value is -3.32. The van der Waals surface area contributed by atoms with Gasteiger partial charge in [0.15, 0.2) is 6.61 Å².